The van der Waals surface area contributed by atoms with Crippen LogP contribution in [0, 0.1) is 20.8 Å². The van der Waals surface area contributed by atoms with Crippen LogP contribution in [0.15, 0.2) is 36.4 Å². The molecule has 0 bridgehead atoms. The van der Waals surface area contributed by atoms with Crippen molar-refractivity contribution in [1.82, 2.24) is 0 Å². The summed E-state index contributed by atoms with van der Waals surface area (Å²) >= 11 is 10.00. The number of halogens is 2. The summed E-state index contributed by atoms with van der Waals surface area (Å²) in [5, 5.41) is 1.78. The summed E-state index contributed by atoms with van der Waals surface area (Å²) in [6.45, 7) is 6.56. The number of benzene rings is 2. The van der Waals surface area contributed by atoms with Gasteiger partial charge in [0.25, 0.3) is 0 Å². The summed E-state index contributed by atoms with van der Waals surface area (Å²) in [6.07, 6.45) is 1.02. The van der Waals surface area contributed by atoms with E-state index in [1.165, 1.54) is 27.8 Å². The van der Waals surface area contributed by atoms with E-state index >= 15 is 0 Å². The zero-order chi connectivity index (χ0) is 14.7. The Hall–Kier alpha value is -0.790. The number of rotatable bonds is 4. The van der Waals surface area contributed by atoms with E-state index in [0.29, 0.717) is 5.92 Å². The third-order valence-electron chi connectivity index (χ3n) is 3.82. The van der Waals surface area contributed by atoms with Crippen LogP contribution in [-0.4, -0.2) is 5.33 Å². The Balaban J connectivity index is 2.35. The van der Waals surface area contributed by atoms with Gasteiger partial charge in [-0.1, -0.05) is 63.4 Å². The zero-order valence-electron chi connectivity index (χ0n) is 12.2. The van der Waals surface area contributed by atoms with Crippen molar-refractivity contribution in [2.24, 2.45) is 0 Å². The maximum Gasteiger partial charge on any atom is 0.0441 e. The van der Waals surface area contributed by atoms with Gasteiger partial charge in [0.2, 0.25) is 0 Å². The molecule has 106 valence electrons. The highest BCUT2D eigenvalue weighted by Crippen LogP contribution is 2.31. The lowest BCUT2D eigenvalue weighted by molar-refractivity contribution is 0.767. The van der Waals surface area contributed by atoms with Gasteiger partial charge in [-0.05, 0) is 61.4 Å². The highest BCUT2D eigenvalue weighted by atomic mass is 79.9. The molecule has 20 heavy (non-hydrogen) atoms. The summed E-state index contributed by atoms with van der Waals surface area (Å²) in [7, 11) is 0. The first-order valence-electron chi connectivity index (χ1n) is 6.90. The van der Waals surface area contributed by atoms with Gasteiger partial charge >= 0.3 is 0 Å². The predicted octanol–water partition coefficient (Wildman–Crippen LogP) is 5.99. The molecule has 0 spiro atoms. The van der Waals surface area contributed by atoms with Crippen LogP contribution in [0.3, 0.4) is 0 Å². The van der Waals surface area contributed by atoms with Gasteiger partial charge < -0.3 is 0 Å². The molecule has 2 rings (SSSR count). The van der Waals surface area contributed by atoms with E-state index in [2.05, 4.69) is 61.0 Å². The molecule has 0 nitrogen and oxygen atoms in total. The topological polar surface area (TPSA) is 0 Å². The average Bonchev–Trinajstić information content (AvgIpc) is 2.39. The molecule has 0 aliphatic heterocycles. The second-order valence-corrected chi connectivity index (χ2v) is 6.51. The largest absolute Gasteiger partial charge is 0.0921 e. The molecule has 0 aliphatic rings. The summed E-state index contributed by atoms with van der Waals surface area (Å²) in [4.78, 5) is 0. The average molecular weight is 352 g/mol. The van der Waals surface area contributed by atoms with Crippen molar-refractivity contribution in [3.05, 3.63) is 69.2 Å². The summed E-state index contributed by atoms with van der Waals surface area (Å²) in [5.41, 5.74) is 6.75. The van der Waals surface area contributed by atoms with Gasteiger partial charge in [-0.15, -0.1) is 0 Å². The fourth-order valence-electron chi connectivity index (χ4n) is 2.83. The first-order valence-corrected chi connectivity index (χ1v) is 8.40. The third-order valence-corrected chi connectivity index (χ3v) is 4.95. The molecule has 0 radical (unpaired) electrons. The molecule has 0 N–H and O–H groups in total. The highest BCUT2D eigenvalue weighted by Gasteiger charge is 2.16. The van der Waals surface area contributed by atoms with Gasteiger partial charge in [-0.3, -0.25) is 0 Å². The molecule has 0 saturated heterocycles. The molecular formula is C18H20BrCl. The SMILES string of the molecule is Cc1cc(C)c(CC(CBr)c2ccccc2Cl)c(C)c1. The molecule has 1 atom stereocenters. The molecule has 2 aromatic carbocycles. The van der Waals surface area contributed by atoms with E-state index in [0.717, 1.165) is 16.8 Å². The van der Waals surface area contributed by atoms with Crippen LogP contribution < -0.4 is 0 Å². The molecule has 0 heterocycles. The molecule has 0 fully saturated rings. The first-order chi connectivity index (χ1) is 9.52. The molecule has 0 amide bonds. The Morgan fingerprint density at radius 1 is 1.05 bits per heavy atom. The molecule has 0 aliphatic carbocycles. The summed E-state index contributed by atoms with van der Waals surface area (Å²) in [6, 6.07) is 12.7. The molecule has 2 heteroatoms. The van der Waals surface area contributed by atoms with E-state index < -0.39 is 0 Å². The number of hydrogen-bond donors (Lipinski definition) is 0. The number of hydrogen-bond acceptors (Lipinski definition) is 0. The van der Waals surface area contributed by atoms with Crippen molar-refractivity contribution in [1.29, 1.82) is 0 Å². The molecule has 0 saturated carbocycles. The fourth-order valence-corrected chi connectivity index (χ4v) is 3.70. The monoisotopic (exact) mass is 350 g/mol. The first kappa shape index (κ1) is 15.6. The van der Waals surface area contributed by atoms with Crippen molar-refractivity contribution >= 4 is 27.5 Å². The van der Waals surface area contributed by atoms with Crippen LogP contribution in [0.25, 0.3) is 0 Å². The van der Waals surface area contributed by atoms with Crippen LogP contribution in [0.4, 0.5) is 0 Å². The molecular weight excluding hydrogens is 332 g/mol. The number of aryl methyl sites for hydroxylation is 3. The minimum atomic E-state index is 0.406. The van der Waals surface area contributed by atoms with E-state index in [1.54, 1.807) is 0 Å². The fraction of sp³-hybridized carbons (Fsp3) is 0.333. The lowest BCUT2D eigenvalue weighted by Gasteiger charge is -2.19. The van der Waals surface area contributed by atoms with Crippen molar-refractivity contribution in [2.45, 2.75) is 33.1 Å². The lowest BCUT2D eigenvalue weighted by atomic mass is 9.88. The minimum absolute atomic E-state index is 0.406. The van der Waals surface area contributed by atoms with Crippen LogP contribution >= 0.6 is 27.5 Å². The van der Waals surface area contributed by atoms with E-state index in [-0.39, 0.29) is 0 Å². The van der Waals surface area contributed by atoms with Gasteiger partial charge in [0.05, 0.1) is 0 Å². The second kappa shape index (κ2) is 6.78. The van der Waals surface area contributed by atoms with Gasteiger partial charge in [-0.2, -0.15) is 0 Å². The van der Waals surface area contributed by atoms with Crippen LogP contribution in [0.2, 0.25) is 5.02 Å². The van der Waals surface area contributed by atoms with Gasteiger partial charge in [0, 0.05) is 10.4 Å². The smallest absolute Gasteiger partial charge is 0.0441 e. The normalized spacial score (nSPS) is 12.4. The minimum Gasteiger partial charge on any atom is -0.0921 e. The number of alkyl halides is 1. The lowest BCUT2D eigenvalue weighted by Crippen LogP contribution is -2.08. The highest BCUT2D eigenvalue weighted by molar-refractivity contribution is 9.09. The van der Waals surface area contributed by atoms with Crippen LogP contribution in [-0.2, 0) is 6.42 Å². The predicted molar refractivity (Wildman–Crippen MR) is 92.3 cm³/mol. The van der Waals surface area contributed by atoms with Crippen molar-refractivity contribution in [3.8, 4) is 0 Å². The quantitative estimate of drug-likeness (QED) is 0.594. The van der Waals surface area contributed by atoms with Crippen LogP contribution in [0.5, 0.6) is 0 Å². The standard InChI is InChI=1S/C18H20BrCl/c1-12-8-13(2)17(14(3)9-12)10-15(11-19)16-6-4-5-7-18(16)20/h4-9,15H,10-11H2,1-3H3. The van der Waals surface area contributed by atoms with Crippen molar-refractivity contribution in [3.63, 3.8) is 0 Å². The summed E-state index contributed by atoms with van der Waals surface area (Å²) in [5.74, 6) is 0.406. The second-order valence-electron chi connectivity index (χ2n) is 5.45. The molecule has 2 aromatic rings. The van der Waals surface area contributed by atoms with Crippen molar-refractivity contribution < 1.29 is 0 Å². The van der Waals surface area contributed by atoms with Gasteiger partial charge in [0.15, 0.2) is 0 Å². The van der Waals surface area contributed by atoms with Crippen LogP contribution in [0.1, 0.15) is 33.7 Å². The summed E-state index contributed by atoms with van der Waals surface area (Å²) < 4.78 is 0. The Morgan fingerprint density at radius 3 is 2.20 bits per heavy atom. The Morgan fingerprint density at radius 2 is 1.65 bits per heavy atom. The maximum atomic E-state index is 6.35. The molecule has 0 aromatic heterocycles. The van der Waals surface area contributed by atoms with E-state index in [4.69, 9.17) is 11.6 Å². The zero-order valence-corrected chi connectivity index (χ0v) is 14.6. The Kier molecular flexibility index (Phi) is 5.29. The molecule has 1 unspecified atom stereocenters. The van der Waals surface area contributed by atoms with E-state index in [9.17, 15) is 0 Å². The maximum absolute atomic E-state index is 6.35. The van der Waals surface area contributed by atoms with E-state index in [1.807, 2.05) is 12.1 Å². The van der Waals surface area contributed by atoms with Crippen molar-refractivity contribution in [2.75, 3.05) is 5.33 Å². The Labute approximate surface area is 135 Å². The Bertz CT molecular complexity index is 581. The van der Waals surface area contributed by atoms with Gasteiger partial charge in [0.1, 0.15) is 0 Å². The van der Waals surface area contributed by atoms with Gasteiger partial charge in [-0.25, -0.2) is 0 Å². The third kappa shape index (κ3) is 3.45.